The van der Waals surface area contributed by atoms with Crippen molar-refractivity contribution in [3.8, 4) is 5.75 Å². The Morgan fingerprint density at radius 1 is 1.44 bits per heavy atom. The number of ether oxygens (including phenoxy) is 1. The molecule has 100 valence electrons. The molecule has 18 heavy (non-hydrogen) atoms. The Balaban J connectivity index is 2.61. The maximum absolute atomic E-state index is 10.6. The van der Waals surface area contributed by atoms with E-state index in [1.807, 2.05) is 26.0 Å². The lowest BCUT2D eigenvalue weighted by Gasteiger charge is -2.12. The zero-order chi connectivity index (χ0) is 13.7. The van der Waals surface area contributed by atoms with E-state index < -0.39 is 12.0 Å². The molecule has 1 atom stereocenters. The van der Waals surface area contributed by atoms with E-state index in [1.165, 1.54) is 0 Å². The fourth-order valence-electron chi connectivity index (χ4n) is 1.92. The molecule has 0 spiro atoms. The standard InChI is InChI=1S/C13H20N2O3/c1-8-4-10(5-9(2)12(8)18-3)6-15-7-11(14)13(16)17/h4-5,11,15H,6-7,14H2,1-3H3,(H,16,17). The number of hydrogen-bond acceptors (Lipinski definition) is 4. The van der Waals surface area contributed by atoms with Crippen LogP contribution in [0.15, 0.2) is 12.1 Å². The summed E-state index contributed by atoms with van der Waals surface area (Å²) in [7, 11) is 1.65. The van der Waals surface area contributed by atoms with E-state index in [-0.39, 0.29) is 6.54 Å². The Kier molecular flexibility index (Phi) is 5.12. The first-order valence-electron chi connectivity index (χ1n) is 5.79. The molecule has 1 aromatic rings. The summed E-state index contributed by atoms with van der Waals surface area (Å²) >= 11 is 0. The summed E-state index contributed by atoms with van der Waals surface area (Å²) in [5.74, 6) is -0.106. The second-order valence-corrected chi connectivity index (χ2v) is 4.34. The van der Waals surface area contributed by atoms with Crippen LogP contribution in [0.3, 0.4) is 0 Å². The van der Waals surface area contributed by atoms with Crippen LogP contribution >= 0.6 is 0 Å². The normalized spacial score (nSPS) is 12.2. The van der Waals surface area contributed by atoms with E-state index in [9.17, 15) is 4.79 Å². The molecule has 0 radical (unpaired) electrons. The average Bonchev–Trinajstić information content (AvgIpc) is 2.28. The lowest BCUT2D eigenvalue weighted by Crippen LogP contribution is -2.40. The molecule has 0 aliphatic heterocycles. The van der Waals surface area contributed by atoms with Crippen LogP contribution in [0, 0.1) is 13.8 Å². The van der Waals surface area contributed by atoms with Crippen LogP contribution in [0.25, 0.3) is 0 Å². The lowest BCUT2D eigenvalue weighted by molar-refractivity contribution is -0.138. The summed E-state index contributed by atoms with van der Waals surface area (Å²) < 4.78 is 5.29. The van der Waals surface area contributed by atoms with Crippen LogP contribution in [0.5, 0.6) is 5.75 Å². The Morgan fingerprint density at radius 3 is 2.44 bits per heavy atom. The second-order valence-electron chi connectivity index (χ2n) is 4.34. The minimum atomic E-state index is -0.996. The molecule has 0 amide bonds. The topological polar surface area (TPSA) is 84.6 Å². The summed E-state index contributed by atoms with van der Waals surface area (Å²) in [4.78, 5) is 10.6. The van der Waals surface area contributed by atoms with E-state index in [4.69, 9.17) is 15.6 Å². The Labute approximate surface area is 107 Å². The second kappa shape index (κ2) is 6.37. The van der Waals surface area contributed by atoms with E-state index >= 15 is 0 Å². The van der Waals surface area contributed by atoms with E-state index in [1.54, 1.807) is 7.11 Å². The number of nitrogens with two attached hydrogens (primary N) is 1. The van der Waals surface area contributed by atoms with Crippen molar-refractivity contribution in [3.05, 3.63) is 28.8 Å². The van der Waals surface area contributed by atoms with Crippen LogP contribution in [-0.4, -0.2) is 30.8 Å². The molecule has 0 aliphatic carbocycles. The van der Waals surface area contributed by atoms with Crippen LogP contribution in [-0.2, 0) is 11.3 Å². The molecule has 0 saturated heterocycles. The monoisotopic (exact) mass is 252 g/mol. The highest BCUT2D eigenvalue weighted by atomic mass is 16.5. The van der Waals surface area contributed by atoms with Gasteiger partial charge in [0, 0.05) is 13.1 Å². The van der Waals surface area contributed by atoms with Gasteiger partial charge in [0.05, 0.1) is 7.11 Å². The molecule has 0 heterocycles. The van der Waals surface area contributed by atoms with Gasteiger partial charge in [-0.3, -0.25) is 4.79 Å². The molecule has 0 aromatic heterocycles. The SMILES string of the molecule is COc1c(C)cc(CNCC(N)C(=O)O)cc1C. The first-order chi connectivity index (χ1) is 8.45. The van der Waals surface area contributed by atoms with Gasteiger partial charge >= 0.3 is 5.97 Å². The Hall–Kier alpha value is -1.59. The molecule has 0 saturated carbocycles. The minimum absolute atomic E-state index is 0.249. The van der Waals surface area contributed by atoms with Crippen LogP contribution in [0.2, 0.25) is 0 Å². The number of methoxy groups -OCH3 is 1. The summed E-state index contributed by atoms with van der Waals surface area (Å²) in [5.41, 5.74) is 8.62. The van der Waals surface area contributed by atoms with Crippen molar-refractivity contribution in [1.82, 2.24) is 5.32 Å². The number of carbonyl (C=O) groups is 1. The molecule has 0 aliphatic rings. The largest absolute Gasteiger partial charge is 0.496 e. The molecule has 0 bridgehead atoms. The smallest absolute Gasteiger partial charge is 0.321 e. The maximum atomic E-state index is 10.6. The molecular weight excluding hydrogens is 232 g/mol. The van der Waals surface area contributed by atoms with Crippen molar-refractivity contribution < 1.29 is 14.6 Å². The van der Waals surface area contributed by atoms with Gasteiger partial charge in [-0.1, -0.05) is 12.1 Å². The van der Waals surface area contributed by atoms with E-state index in [0.717, 1.165) is 22.4 Å². The maximum Gasteiger partial charge on any atom is 0.321 e. The first-order valence-corrected chi connectivity index (χ1v) is 5.79. The van der Waals surface area contributed by atoms with Crippen molar-refractivity contribution in [2.75, 3.05) is 13.7 Å². The Bertz CT molecular complexity index is 409. The quantitative estimate of drug-likeness (QED) is 0.698. The van der Waals surface area contributed by atoms with E-state index in [2.05, 4.69) is 5.32 Å². The molecule has 1 aromatic carbocycles. The van der Waals surface area contributed by atoms with Gasteiger partial charge in [0.1, 0.15) is 11.8 Å². The molecular formula is C13H20N2O3. The summed E-state index contributed by atoms with van der Waals surface area (Å²) in [5, 5.41) is 11.7. The summed E-state index contributed by atoms with van der Waals surface area (Å²) in [6, 6.07) is 3.17. The van der Waals surface area contributed by atoms with Crippen LogP contribution < -0.4 is 15.8 Å². The lowest BCUT2D eigenvalue weighted by atomic mass is 10.1. The van der Waals surface area contributed by atoms with Gasteiger partial charge < -0.3 is 20.9 Å². The number of benzene rings is 1. The molecule has 5 nitrogen and oxygen atoms in total. The fraction of sp³-hybridized carbons (Fsp3) is 0.462. The van der Waals surface area contributed by atoms with Gasteiger partial charge in [0.25, 0.3) is 0 Å². The zero-order valence-electron chi connectivity index (χ0n) is 11.0. The predicted octanol–water partition coefficient (Wildman–Crippen LogP) is 0.814. The molecule has 1 unspecified atom stereocenters. The fourth-order valence-corrected chi connectivity index (χ4v) is 1.92. The molecule has 5 heteroatoms. The van der Waals surface area contributed by atoms with Gasteiger partial charge in [-0.2, -0.15) is 0 Å². The number of carboxylic acid groups (broad SMARTS) is 1. The van der Waals surface area contributed by atoms with E-state index in [0.29, 0.717) is 6.54 Å². The van der Waals surface area contributed by atoms with Crippen molar-refractivity contribution in [2.24, 2.45) is 5.73 Å². The number of aliphatic carboxylic acids is 1. The van der Waals surface area contributed by atoms with Crippen molar-refractivity contribution >= 4 is 5.97 Å². The van der Waals surface area contributed by atoms with Gasteiger partial charge in [-0.25, -0.2) is 0 Å². The number of carboxylic acids is 1. The van der Waals surface area contributed by atoms with Crippen LogP contribution in [0.1, 0.15) is 16.7 Å². The first kappa shape index (κ1) is 14.5. The van der Waals surface area contributed by atoms with Crippen molar-refractivity contribution in [2.45, 2.75) is 26.4 Å². The summed E-state index contributed by atoms with van der Waals surface area (Å²) in [6.45, 7) is 4.81. The third kappa shape index (κ3) is 3.72. The third-order valence-electron chi connectivity index (χ3n) is 2.73. The minimum Gasteiger partial charge on any atom is -0.496 e. The molecule has 4 N–H and O–H groups in total. The molecule has 1 rings (SSSR count). The summed E-state index contributed by atoms with van der Waals surface area (Å²) in [6.07, 6.45) is 0. The highest BCUT2D eigenvalue weighted by Gasteiger charge is 2.10. The van der Waals surface area contributed by atoms with Gasteiger partial charge in [0.15, 0.2) is 0 Å². The average molecular weight is 252 g/mol. The van der Waals surface area contributed by atoms with Crippen molar-refractivity contribution in [3.63, 3.8) is 0 Å². The van der Waals surface area contributed by atoms with Crippen LogP contribution in [0.4, 0.5) is 0 Å². The third-order valence-corrected chi connectivity index (χ3v) is 2.73. The highest BCUT2D eigenvalue weighted by Crippen LogP contribution is 2.24. The number of hydrogen-bond donors (Lipinski definition) is 3. The van der Waals surface area contributed by atoms with Gasteiger partial charge in [-0.15, -0.1) is 0 Å². The molecule has 0 fully saturated rings. The predicted molar refractivity (Wildman–Crippen MR) is 69.8 cm³/mol. The Morgan fingerprint density at radius 2 is 2.00 bits per heavy atom. The van der Waals surface area contributed by atoms with Crippen molar-refractivity contribution in [1.29, 1.82) is 0 Å². The van der Waals surface area contributed by atoms with Gasteiger partial charge in [-0.05, 0) is 30.5 Å². The number of rotatable bonds is 6. The number of nitrogens with one attached hydrogen (secondary N) is 1. The van der Waals surface area contributed by atoms with Gasteiger partial charge in [0.2, 0.25) is 0 Å². The number of aryl methyl sites for hydroxylation is 2. The highest BCUT2D eigenvalue weighted by molar-refractivity contribution is 5.73. The zero-order valence-corrected chi connectivity index (χ0v) is 11.0.